The van der Waals surface area contributed by atoms with Crippen LogP contribution in [0.25, 0.3) is 11.0 Å². The minimum absolute atomic E-state index is 0.140. The summed E-state index contributed by atoms with van der Waals surface area (Å²) in [4.78, 5) is 17.5. The molecule has 4 rings (SSSR count). The van der Waals surface area contributed by atoms with Gasteiger partial charge in [0.25, 0.3) is 0 Å². The number of nitrogens with one attached hydrogen (secondary N) is 1. The van der Waals surface area contributed by atoms with Crippen LogP contribution in [0.15, 0.2) is 41.3 Å². The average Bonchev–Trinajstić information content (AvgIpc) is 3.39. The standard InChI is InChI=1S/C23H28N4O5S/c1-4-5-12-27-19-8-7-17(33(29,30)26(2)3)14-18(19)25-22(27)10-11-23(28)24-16-6-9-20-21(13-16)32-15-31-20/h6-9,13-14H,4-5,10-12,15H2,1-3H3,(H,24,28). The monoisotopic (exact) mass is 472 g/mol. The summed E-state index contributed by atoms with van der Waals surface area (Å²) < 4.78 is 39.0. The number of ether oxygens (including phenoxy) is 2. The number of benzene rings is 2. The summed E-state index contributed by atoms with van der Waals surface area (Å²) in [6, 6.07) is 10.3. The molecule has 3 aromatic rings. The molecule has 0 fully saturated rings. The molecule has 9 nitrogen and oxygen atoms in total. The van der Waals surface area contributed by atoms with Crippen LogP contribution in [-0.2, 0) is 27.8 Å². The Labute approximate surface area is 193 Å². The number of aryl methyl sites for hydroxylation is 2. The molecule has 0 aliphatic carbocycles. The number of fused-ring (bicyclic) bond motifs is 2. The van der Waals surface area contributed by atoms with Gasteiger partial charge in [-0.25, -0.2) is 17.7 Å². The molecule has 1 amide bonds. The SMILES string of the molecule is CCCCn1c(CCC(=O)Nc2ccc3c(c2)OCO3)nc2cc(S(=O)(=O)N(C)C)ccc21. The largest absolute Gasteiger partial charge is 0.454 e. The Balaban J connectivity index is 1.53. The maximum atomic E-state index is 12.6. The van der Waals surface area contributed by atoms with Crippen LogP contribution in [-0.4, -0.2) is 49.1 Å². The maximum Gasteiger partial charge on any atom is 0.242 e. The zero-order valence-corrected chi connectivity index (χ0v) is 19.8. The second-order valence-corrected chi connectivity index (χ2v) is 10.2. The van der Waals surface area contributed by atoms with Gasteiger partial charge in [-0.3, -0.25) is 4.79 Å². The molecular formula is C23H28N4O5S. The number of imidazole rings is 1. The van der Waals surface area contributed by atoms with Gasteiger partial charge < -0.3 is 19.4 Å². The summed E-state index contributed by atoms with van der Waals surface area (Å²) in [6.45, 7) is 3.05. The van der Waals surface area contributed by atoms with Crippen molar-refractivity contribution in [1.29, 1.82) is 0 Å². The Bertz CT molecular complexity index is 1280. The van der Waals surface area contributed by atoms with E-state index in [1.807, 2.05) is 0 Å². The Hall–Kier alpha value is -3.11. The summed E-state index contributed by atoms with van der Waals surface area (Å²) >= 11 is 0. The number of anilines is 1. The normalized spacial score (nSPS) is 13.1. The van der Waals surface area contributed by atoms with Crippen LogP contribution in [0.5, 0.6) is 11.5 Å². The number of nitrogens with zero attached hydrogens (tertiary/aromatic N) is 3. The highest BCUT2D eigenvalue weighted by Gasteiger charge is 2.20. The van der Waals surface area contributed by atoms with E-state index < -0.39 is 10.0 Å². The molecular weight excluding hydrogens is 444 g/mol. The molecule has 2 aromatic carbocycles. The van der Waals surface area contributed by atoms with Crippen molar-refractivity contribution in [2.24, 2.45) is 0 Å². The third kappa shape index (κ3) is 4.81. The van der Waals surface area contributed by atoms with Crippen molar-refractivity contribution in [3.8, 4) is 11.5 Å². The first kappa shape index (κ1) is 23.1. The number of aromatic nitrogens is 2. The van der Waals surface area contributed by atoms with Gasteiger partial charge in [-0.2, -0.15) is 0 Å². The highest BCUT2D eigenvalue weighted by molar-refractivity contribution is 7.89. The van der Waals surface area contributed by atoms with E-state index >= 15 is 0 Å². The Morgan fingerprint density at radius 2 is 1.94 bits per heavy atom. The van der Waals surface area contributed by atoms with E-state index in [1.165, 1.54) is 18.4 Å². The molecule has 1 aromatic heterocycles. The van der Waals surface area contributed by atoms with Gasteiger partial charge in [-0.1, -0.05) is 13.3 Å². The lowest BCUT2D eigenvalue weighted by Crippen LogP contribution is -2.22. The van der Waals surface area contributed by atoms with Crippen LogP contribution in [0.4, 0.5) is 5.69 Å². The van der Waals surface area contributed by atoms with E-state index in [1.54, 1.807) is 36.4 Å². The molecule has 33 heavy (non-hydrogen) atoms. The predicted molar refractivity (Wildman–Crippen MR) is 125 cm³/mol. The van der Waals surface area contributed by atoms with Crippen molar-refractivity contribution in [3.05, 3.63) is 42.2 Å². The average molecular weight is 473 g/mol. The van der Waals surface area contributed by atoms with Gasteiger partial charge in [0.15, 0.2) is 11.5 Å². The molecule has 0 spiro atoms. The fraction of sp³-hybridized carbons (Fsp3) is 0.391. The summed E-state index contributed by atoms with van der Waals surface area (Å²) in [6.07, 6.45) is 2.65. The van der Waals surface area contributed by atoms with Gasteiger partial charge in [0.05, 0.1) is 15.9 Å². The van der Waals surface area contributed by atoms with Gasteiger partial charge >= 0.3 is 0 Å². The molecule has 10 heteroatoms. The fourth-order valence-electron chi connectivity index (χ4n) is 3.71. The quantitative estimate of drug-likeness (QED) is 0.512. The maximum absolute atomic E-state index is 12.6. The lowest BCUT2D eigenvalue weighted by molar-refractivity contribution is -0.116. The zero-order valence-electron chi connectivity index (χ0n) is 19.0. The number of hydrogen-bond donors (Lipinski definition) is 1. The zero-order chi connectivity index (χ0) is 23.6. The lowest BCUT2D eigenvalue weighted by Gasteiger charge is -2.11. The molecule has 1 aliphatic rings. The van der Waals surface area contributed by atoms with E-state index in [2.05, 4.69) is 21.8 Å². The smallest absolute Gasteiger partial charge is 0.242 e. The van der Waals surface area contributed by atoms with E-state index in [4.69, 9.17) is 9.47 Å². The van der Waals surface area contributed by atoms with Crippen LogP contribution in [0.2, 0.25) is 0 Å². The van der Waals surface area contributed by atoms with E-state index in [0.717, 1.165) is 30.7 Å². The molecule has 2 heterocycles. The first-order chi connectivity index (χ1) is 15.8. The number of carbonyl (C=O) groups excluding carboxylic acids is 1. The lowest BCUT2D eigenvalue weighted by atomic mass is 10.2. The van der Waals surface area contributed by atoms with Crippen molar-refractivity contribution in [1.82, 2.24) is 13.9 Å². The van der Waals surface area contributed by atoms with Gasteiger partial charge in [0, 0.05) is 45.2 Å². The number of amides is 1. The number of rotatable bonds is 9. The summed E-state index contributed by atoms with van der Waals surface area (Å²) in [7, 11) is -0.546. The van der Waals surface area contributed by atoms with E-state index in [9.17, 15) is 13.2 Å². The molecule has 0 saturated heterocycles. The van der Waals surface area contributed by atoms with Crippen LogP contribution >= 0.6 is 0 Å². The number of unbranched alkanes of at least 4 members (excludes halogenated alkanes) is 1. The highest BCUT2D eigenvalue weighted by atomic mass is 32.2. The van der Waals surface area contributed by atoms with Crippen LogP contribution in [0.3, 0.4) is 0 Å². The van der Waals surface area contributed by atoms with Crippen molar-refractivity contribution in [2.45, 2.75) is 44.0 Å². The minimum atomic E-state index is -3.55. The highest BCUT2D eigenvalue weighted by Crippen LogP contribution is 2.34. The Morgan fingerprint density at radius 3 is 2.70 bits per heavy atom. The molecule has 0 saturated carbocycles. The molecule has 1 aliphatic heterocycles. The van der Waals surface area contributed by atoms with Gasteiger partial charge in [0.2, 0.25) is 22.7 Å². The first-order valence-electron chi connectivity index (χ1n) is 10.9. The third-order valence-electron chi connectivity index (χ3n) is 5.54. The second kappa shape index (κ2) is 9.40. The number of sulfonamides is 1. The van der Waals surface area contributed by atoms with Crippen LogP contribution in [0, 0.1) is 0 Å². The summed E-state index contributed by atoms with van der Waals surface area (Å²) in [5, 5.41) is 2.88. The minimum Gasteiger partial charge on any atom is -0.454 e. The third-order valence-corrected chi connectivity index (χ3v) is 7.36. The van der Waals surface area contributed by atoms with Gasteiger partial charge in [0.1, 0.15) is 5.82 Å². The molecule has 0 radical (unpaired) electrons. The van der Waals surface area contributed by atoms with Crippen LogP contribution in [0.1, 0.15) is 32.0 Å². The van der Waals surface area contributed by atoms with Crippen molar-refractivity contribution in [2.75, 3.05) is 26.2 Å². The summed E-state index contributed by atoms with van der Waals surface area (Å²) in [5.74, 6) is 1.89. The number of hydrogen-bond acceptors (Lipinski definition) is 6. The van der Waals surface area contributed by atoms with Crippen molar-refractivity contribution < 1.29 is 22.7 Å². The van der Waals surface area contributed by atoms with E-state index in [-0.39, 0.29) is 24.0 Å². The molecule has 0 bridgehead atoms. The number of carbonyl (C=O) groups is 1. The Kier molecular flexibility index (Phi) is 6.57. The van der Waals surface area contributed by atoms with Gasteiger partial charge in [-0.05, 0) is 36.8 Å². The topological polar surface area (TPSA) is 103 Å². The Morgan fingerprint density at radius 1 is 1.15 bits per heavy atom. The molecule has 0 unspecified atom stereocenters. The first-order valence-corrected chi connectivity index (χ1v) is 12.3. The predicted octanol–water partition coefficient (Wildman–Crippen LogP) is 3.39. The fourth-order valence-corrected chi connectivity index (χ4v) is 4.63. The van der Waals surface area contributed by atoms with Crippen molar-refractivity contribution >= 4 is 32.7 Å². The van der Waals surface area contributed by atoms with Crippen molar-refractivity contribution in [3.63, 3.8) is 0 Å². The molecule has 1 N–H and O–H groups in total. The van der Waals surface area contributed by atoms with E-state index in [0.29, 0.717) is 29.1 Å². The van der Waals surface area contributed by atoms with Gasteiger partial charge in [-0.15, -0.1) is 0 Å². The second-order valence-electron chi connectivity index (χ2n) is 8.09. The summed E-state index contributed by atoms with van der Waals surface area (Å²) in [5.41, 5.74) is 2.12. The molecule has 0 atom stereocenters. The van der Waals surface area contributed by atoms with Crippen LogP contribution < -0.4 is 14.8 Å². The molecule has 176 valence electrons.